The first-order chi connectivity index (χ1) is 11.2. The van der Waals surface area contributed by atoms with Gasteiger partial charge >= 0.3 is 6.18 Å². The van der Waals surface area contributed by atoms with Crippen molar-refractivity contribution in [2.24, 2.45) is 0 Å². The van der Waals surface area contributed by atoms with Crippen molar-refractivity contribution in [2.45, 2.75) is 18.2 Å². The Kier molecular flexibility index (Phi) is 5.32. The predicted octanol–water partition coefficient (Wildman–Crippen LogP) is 3.67. The Hall–Kier alpha value is -2.30. The number of ketones is 1. The number of aliphatic hydroxyl groups is 1. The summed E-state index contributed by atoms with van der Waals surface area (Å²) < 4.78 is 44.6. The zero-order valence-electron chi connectivity index (χ0n) is 12.6. The summed E-state index contributed by atoms with van der Waals surface area (Å²) in [6.45, 7) is 0. The second kappa shape index (κ2) is 7.07. The Morgan fingerprint density at radius 3 is 2.42 bits per heavy atom. The first-order valence-corrected chi connectivity index (χ1v) is 7.66. The molecule has 0 amide bonds. The third kappa shape index (κ3) is 4.16. The number of hydrogen-bond donors (Lipinski definition) is 1. The van der Waals surface area contributed by atoms with Crippen LogP contribution in [0.1, 0.15) is 21.7 Å². The predicted molar refractivity (Wildman–Crippen MR) is 84.1 cm³/mol. The summed E-state index contributed by atoms with van der Waals surface area (Å²) in [6, 6.07) is 8.95. The molecule has 1 heterocycles. The summed E-state index contributed by atoms with van der Waals surface area (Å²) in [6.07, 6.45) is -6.21. The minimum absolute atomic E-state index is 0.143. The van der Waals surface area contributed by atoms with Crippen molar-refractivity contribution in [1.29, 1.82) is 0 Å². The van der Waals surface area contributed by atoms with Gasteiger partial charge in [0.15, 0.2) is 5.78 Å². The van der Waals surface area contributed by atoms with Gasteiger partial charge in [0.05, 0.1) is 18.4 Å². The number of rotatable bonds is 4. The SMILES string of the molecule is COc1ccc(C#CC(O)(CC(=O)c2cccs2)C(F)(F)F)cc1. The molecule has 0 spiro atoms. The van der Waals surface area contributed by atoms with Crippen LogP contribution in [0.3, 0.4) is 0 Å². The summed E-state index contributed by atoms with van der Waals surface area (Å²) in [5.74, 6) is 3.79. The van der Waals surface area contributed by atoms with E-state index < -0.39 is 24.0 Å². The number of methoxy groups -OCH3 is 1. The lowest BCUT2D eigenvalue weighted by Gasteiger charge is -2.24. The number of carbonyl (C=O) groups is 1. The molecule has 1 N–H and O–H groups in total. The maximum atomic E-state index is 13.2. The van der Waals surface area contributed by atoms with Crippen LogP contribution in [0, 0.1) is 11.8 Å². The Morgan fingerprint density at radius 2 is 1.92 bits per heavy atom. The van der Waals surface area contributed by atoms with Crippen molar-refractivity contribution in [2.75, 3.05) is 7.11 Å². The molecule has 1 atom stereocenters. The largest absolute Gasteiger partial charge is 0.497 e. The number of thiophene rings is 1. The standard InChI is InChI=1S/C17H13F3O3S/c1-23-13-6-4-12(5-7-13)8-9-16(22,17(18,19)20)11-14(21)15-3-2-10-24-15/h2-7,10,22H,11H2,1H3. The fourth-order valence-corrected chi connectivity index (χ4v) is 2.49. The van der Waals surface area contributed by atoms with Gasteiger partial charge in [-0.05, 0) is 35.7 Å². The number of alkyl halides is 3. The van der Waals surface area contributed by atoms with E-state index in [1.54, 1.807) is 17.4 Å². The molecule has 2 rings (SSSR count). The van der Waals surface area contributed by atoms with Crippen LogP contribution in [0.15, 0.2) is 41.8 Å². The number of carbonyl (C=O) groups excluding carboxylic acids is 1. The van der Waals surface area contributed by atoms with E-state index in [9.17, 15) is 23.1 Å². The van der Waals surface area contributed by atoms with E-state index in [0.717, 1.165) is 11.3 Å². The molecular weight excluding hydrogens is 341 g/mol. The van der Waals surface area contributed by atoms with E-state index in [1.807, 2.05) is 0 Å². The molecule has 2 aromatic rings. The molecule has 0 bridgehead atoms. The lowest BCUT2D eigenvalue weighted by molar-refractivity contribution is -0.233. The smallest absolute Gasteiger partial charge is 0.429 e. The molecular formula is C17H13F3O3S. The Morgan fingerprint density at radius 1 is 1.25 bits per heavy atom. The van der Waals surface area contributed by atoms with Crippen molar-refractivity contribution in [3.05, 3.63) is 52.2 Å². The first kappa shape index (κ1) is 18.0. The van der Waals surface area contributed by atoms with Crippen LogP contribution in [0.5, 0.6) is 5.75 Å². The zero-order chi connectivity index (χ0) is 17.8. The molecule has 0 aliphatic rings. The second-order valence-electron chi connectivity index (χ2n) is 4.91. The van der Waals surface area contributed by atoms with Crippen LogP contribution in [0.2, 0.25) is 0 Å². The number of hydrogen-bond acceptors (Lipinski definition) is 4. The molecule has 1 aromatic carbocycles. The highest BCUT2D eigenvalue weighted by atomic mass is 32.1. The Bertz CT molecular complexity index is 755. The van der Waals surface area contributed by atoms with Crippen molar-refractivity contribution < 1.29 is 27.8 Å². The third-order valence-corrected chi connectivity index (χ3v) is 4.10. The highest BCUT2D eigenvalue weighted by Gasteiger charge is 2.54. The van der Waals surface area contributed by atoms with Crippen molar-refractivity contribution in [3.63, 3.8) is 0 Å². The van der Waals surface area contributed by atoms with E-state index in [-0.39, 0.29) is 10.4 Å². The van der Waals surface area contributed by atoms with E-state index in [0.29, 0.717) is 5.75 Å². The van der Waals surface area contributed by atoms with Crippen LogP contribution >= 0.6 is 11.3 Å². The minimum Gasteiger partial charge on any atom is -0.497 e. The maximum Gasteiger partial charge on any atom is 0.429 e. The summed E-state index contributed by atoms with van der Waals surface area (Å²) >= 11 is 1.01. The van der Waals surface area contributed by atoms with Gasteiger partial charge in [0.25, 0.3) is 0 Å². The number of halogens is 3. The molecule has 0 saturated heterocycles. The van der Waals surface area contributed by atoms with Crippen LogP contribution in [0.4, 0.5) is 13.2 Å². The van der Waals surface area contributed by atoms with Gasteiger partial charge in [-0.25, -0.2) is 0 Å². The zero-order valence-corrected chi connectivity index (χ0v) is 13.4. The molecule has 0 aliphatic carbocycles. The summed E-state index contributed by atoms with van der Waals surface area (Å²) in [5.41, 5.74) is -3.14. The first-order valence-electron chi connectivity index (χ1n) is 6.78. The summed E-state index contributed by atoms with van der Waals surface area (Å²) in [7, 11) is 1.46. The Labute approximate surface area is 140 Å². The number of ether oxygens (including phenoxy) is 1. The lowest BCUT2D eigenvalue weighted by atomic mass is 9.95. The average molecular weight is 354 g/mol. The molecule has 0 aliphatic heterocycles. The molecule has 0 radical (unpaired) electrons. The molecule has 3 nitrogen and oxygen atoms in total. The van der Waals surface area contributed by atoms with Gasteiger partial charge in [0.1, 0.15) is 5.75 Å². The number of Topliss-reactive ketones (excluding diaryl/α,β-unsaturated/α-hetero) is 1. The lowest BCUT2D eigenvalue weighted by Crippen LogP contribution is -2.45. The normalized spacial score (nSPS) is 13.5. The quantitative estimate of drug-likeness (QED) is 0.673. The van der Waals surface area contributed by atoms with Crippen LogP contribution < -0.4 is 4.74 Å². The maximum absolute atomic E-state index is 13.2. The van der Waals surface area contributed by atoms with Gasteiger partial charge in [0.2, 0.25) is 5.60 Å². The molecule has 24 heavy (non-hydrogen) atoms. The monoisotopic (exact) mass is 354 g/mol. The van der Waals surface area contributed by atoms with Crippen molar-refractivity contribution >= 4 is 17.1 Å². The topological polar surface area (TPSA) is 46.5 Å². The van der Waals surface area contributed by atoms with E-state index in [2.05, 4.69) is 5.92 Å². The van der Waals surface area contributed by atoms with Gasteiger partial charge in [-0.15, -0.1) is 11.3 Å². The summed E-state index contributed by atoms with van der Waals surface area (Å²) in [4.78, 5) is 12.1. The van der Waals surface area contributed by atoms with Gasteiger partial charge in [-0.2, -0.15) is 13.2 Å². The fourth-order valence-electron chi connectivity index (χ4n) is 1.82. The van der Waals surface area contributed by atoms with Crippen molar-refractivity contribution in [1.82, 2.24) is 0 Å². The van der Waals surface area contributed by atoms with Gasteiger partial charge in [-0.1, -0.05) is 17.9 Å². The van der Waals surface area contributed by atoms with Crippen molar-refractivity contribution in [3.8, 4) is 17.6 Å². The van der Waals surface area contributed by atoms with Gasteiger partial charge < -0.3 is 9.84 Å². The molecule has 0 saturated carbocycles. The van der Waals surface area contributed by atoms with Crippen LogP contribution in [-0.2, 0) is 0 Å². The highest BCUT2D eigenvalue weighted by molar-refractivity contribution is 7.12. The number of benzene rings is 1. The molecule has 1 unspecified atom stereocenters. The molecule has 126 valence electrons. The van der Waals surface area contributed by atoms with Gasteiger partial charge in [-0.3, -0.25) is 4.79 Å². The van der Waals surface area contributed by atoms with Gasteiger partial charge in [0, 0.05) is 5.56 Å². The third-order valence-electron chi connectivity index (χ3n) is 3.18. The fraction of sp³-hybridized carbons (Fsp3) is 0.235. The highest BCUT2D eigenvalue weighted by Crippen LogP contribution is 2.34. The van der Waals surface area contributed by atoms with E-state index in [4.69, 9.17) is 4.74 Å². The minimum atomic E-state index is -5.06. The molecule has 1 aromatic heterocycles. The van der Waals surface area contributed by atoms with E-state index in [1.165, 1.54) is 37.4 Å². The van der Waals surface area contributed by atoms with E-state index >= 15 is 0 Å². The average Bonchev–Trinajstić information content (AvgIpc) is 3.07. The molecule has 7 heteroatoms. The Balaban J connectivity index is 2.28. The van der Waals surface area contributed by atoms with Crippen LogP contribution in [-0.4, -0.2) is 29.8 Å². The molecule has 0 fully saturated rings. The second-order valence-corrected chi connectivity index (χ2v) is 5.86. The summed E-state index contributed by atoms with van der Waals surface area (Å²) in [5, 5.41) is 11.5. The van der Waals surface area contributed by atoms with Crippen LogP contribution in [0.25, 0.3) is 0 Å².